The zero-order valence-electron chi connectivity index (χ0n) is 12.9. The maximum Gasteiger partial charge on any atom is 0.407 e. The number of aryl methyl sites for hydroxylation is 1. The summed E-state index contributed by atoms with van der Waals surface area (Å²) in [6.45, 7) is 6.34. The number of carbonyl (C=O) groups is 1. The van der Waals surface area contributed by atoms with Crippen LogP contribution >= 0.6 is 0 Å². The Morgan fingerprint density at radius 1 is 1.43 bits per heavy atom. The molecule has 0 radical (unpaired) electrons. The number of allylic oxidation sites excluding steroid dienone is 1. The molecule has 1 amide bonds. The van der Waals surface area contributed by atoms with E-state index in [1.54, 1.807) is 0 Å². The number of carbonyl (C=O) groups excluding carboxylic acids is 1. The molecule has 6 heteroatoms. The molecule has 0 aliphatic carbocycles. The van der Waals surface area contributed by atoms with Crippen molar-refractivity contribution in [3.8, 4) is 6.07 Å². The molecule has 0 aromatic carbocycles. The third-order valence-electron chi connectivity index (χ3n) is 2.54. The zero-order valence-corrected chi connectivity index (χ0v) is 12.9. The molecule has 6 nitrogen and oxygen atoms in total. The molecule has 0 spiro atoms. The molecule has 2 N–H and O–H groups in total. The number of amides is 1. The van der Waals surface area contributed by atoms with E-state index in [1.165, 1.54) is 6.08 Å². The number of ether oxygens (including phenoxy) is 1. The van der Waals surface area contributed by atoms with E-state index in [9.17, 15) is 4.79 Å². The molecule has 21 heavy (non-hydrogen) atoms. The fourth-order valence-corrected chi connectivity index (χ4v) is 1.70. The van der Waals surface area contributed by atoms with Crippen molar-refractivity contribution >= 4 is 11.8 Å². The molecule has 0 saturated carbocycles. The van der Waals surface area contributed by atoms with Crippen molar-refractivity contribution in [2.75, 3.05) is 13.1 Å². The second-order valence-electron chi connectivity index (χ2n) is 5.55. The summed E-state index contributed by atoms with van der Waals surface area (Å²) in [4.78, 5) is 11.5. The fraction of sp³-hybridized carbons (Fsp3) is 0.467. The van der Waals surface area contributed by atoms with Gasteiger partial charge in [-0.05, 0) is 32.9 Å². The summed E-state index contributed by atoms with van der Waals surface area (Å²) < 4.78 is 7.05. The third kappa shape index (κ3) is 6.04. The van der Waals surface area contributed by atoms with Crippen LogP contribution in [0.5, 0.6) is 0 Å². The van der Waals surface area contributed by atoms with Crippen LogP contribution < -0.4 is 10.6 Å². The van der Waals surface area contributed by atoms with E-state index in [0.717, 1.165) is 11.4 Å². The normalized spacial score (nSPS) is 11.7. The largest absolute Gasteiger partial charge is 0.444 e. The van der Waals surface area contributed by atoms with Crippen molar-refractivity contribution in [1.82, 2.24) is 15.2 Å². The summed E-state index contributed by atoms with van der Waals surface area (Å²) in [7, 11) is 1.90. The predicted molar refractivity (Wildman–Crippen MR) is 81.2 cm³/mol. The number of alkyl carbamates (subject to hydrolysis) is 1. The first-order chi connectivity index (χ1) is 9.83. The lowest BCUT2D eigenvalue weighted by molar-refractivity contribution is 0.0529. The molecule has 1 rings (SSSR count). The SMILES string of the molecule is Cn1cccc1/C(=C/C#N)NCCNC(=O)OC(C)(C)C. The summed E-state index contributed by atoms with van der Waals surface area (Å²) in [6.07, 6.45) is 2.90. The predicted octanol–water partition coefficient (Wildman–Crippen LogP) is 2.00. The van der Waals surface area contributed by atoms with Gasteiger partial charge in [0, 0.05) is 32.4 Å². The lowest BCUT2D eigenvalue weighted by atomic mass is 10.2. The van der Waals surface area contributed by atoms with Gasteiger partial charge in [-0.25, -0.2) is 4.79 Å². The van der Waals surface area contributed by atoms with Crippen LogP contribution in [0.2, 0.25) is 0 Å². The molecular weight excluding hydrogens is 268 g/mol. The number of nitrogens with one attached hydrogen (secondary N) is 2. The van der Waals surface area contributed by atoms with Gasteiger partial charge in [0.05, 0.1) is 17.5 Å². The van der Waals surface area contributed by atoms with Gasteiger partial charge in [0.15, 0.2) is 0 Å². The first-order valence-electron chi connectivity index (χ1n) is 6.75. The average Bonchev–Trinajstić information content (AvgIpc) is 2.77. The fourth-order valence-electron chi connectivity index (χ4n) is 1.70. The Balaban J connectivity index is 2.44. The van der Waals surface area contributed by atoms with E-state index in [-0.39, 0.29) is 0 Å². The summed E-state index contributed by atoms with van der Waals surface area (Å²) in [5.41, 5.74) is 1.12. The van der Waals surface area contributed by atoms with Gasteiger partial charge in [-0.1, -0.05) is 0 Å². The minimum atomic E-state index is -0.508. The summed E-state index contributed by atoms with van der Waals surface area (Å²) in [5, 5.41) is 14.6. The lowest BCUT2D eigenvalue weighted by Crippen LogP contribution is -2.36. The Hall–Kier alpha value is -2.42. The minimum absolute atomic E-state index is 0.405. The van der Waals surface area contributed by atoms with Crippen LogP contribution in [0.3, 0.4) is 0 Å². The number of hydrogen-bond acceptors (Lipinski definition) is 4. The van der Waals surface area contributed by atoms with Crippen LogP contribution in [-0.2, 0) is 11.8 Å². The monoisotopic (exact) mass is 290 g/mol. The highest BCUT2D eigenvalue weighted by atomic mass is 16.6. The van der Waals surface area contributed by atoms with Gasteiger partial charge in [0.2, 0.25) is 0 Å². The first-order valence-corrected chi connectivity index (χ1v) is 6.75. The minimum Gasteiger partial charge on any atom is -0.444 e. The number of aromatic nitrogens is 1. The van der Waals surface area contributed by atoms with E-state index in [2.05, 4.69) is 10.6 Å². The van der Waals surface area contributed by atoms with Crippen LogP contribution in [0.15, 0.2) is 24.4 Å². The maximum atomic E-state index is 11.5. The number of hydrogen-bond donors (Lipinski definition) is 2. The second-order valence-corrected chi connectivity index (χ2v) is 5.55. The van der Waals surface area contributed by atoms with Crippen molar-refractivity contribution < 1.29 is 9.53 Å². The Morgan fingerprint density at radius 2 is 2.10 bits per heavy atom. The molecule has 0 atom stereocenters. The molecule has 1 aromatic rings. The molecule has 114 valence electrons. The molecule has 1 aromatic heterocycles. The highest BCUT2D eigenvalue weighted by Gasteiger charge is 2.15. The maximum absolute atomic E-state index is 11.5. The summed E-state index contributed by atoms with van der Waals surface area (Å²) in [6, 6.07) is 5.83. The van der Waals surface area contributed by atoms with Crippen LogP contribution in [-0.4, -0.2) is 29.4 Å². The number of nitriles is 1. The molecule has 0 aliphatic heterocycles. The molecule has 0 aliphatic rings. The lowest BCUT2D eigenvalue weighted by Gasteiger charge is -2.20. The van der Waals surface area contributed by atoms with Gasteiger partial charge < -0.3 is 19.9 Å². The van der Waals surface area contributed by atoms with Gasteiger partial charge in [0.25, 0.3) is 0 Å². The second kappa shape index (κ2) is 7.39. The van der Waals surface area contributed by atoms with Crippen LogP contribution in [0.25, 0.3) is 5.70 Å². The van der Waals surface area contributed by atoms with E-state index in [4.69, 9.17) is 10.00 Å². The van der Waals surface area contributed by atoms with Crippen molar-refractivity contribution in [3.05, 3.63) is 30.1 Å². The van der Waals surface area contributed by atoms with Gasteiger partial charge in [-0.3, -0.25) is 0 Å². The molecular formula is C15H22N4O2. The van der Waals surface area contributed by atoms with Crippen molar-refractivity contribution in [3.63, 3.8) is 0 Å². The van der Waals surface area contributed by atoms with Gasteiger partial charge in [0.1, 0.15) is 5.60 Å². The smallest absolute Gasteiger partial charge is 0.407 e. The quantitative estimate of drug-likeness (QED) is 0.642. The van der Waals surface area contributed by atoms with Gasteiger partial charge in [-0.15, -0.1) is 0 Å². The van der Waals surface area contributed by atoms with Crippen LogP contribution in [0, 0.1) is 11.3 Å². The molecule has 0 bridgehead atoms. The van der Waals surface area contributed by atoms with Gasteiger partial charge >= 0.3 is 6.09 Å². The standard InChI is InChI=1S/C15H22N4O2/c1-15(2,3)21-14(20)18-10-9-17-12(7-8-16)13-6-5-11-19(13)4/h5-7,11,17H,9-10H2,1-4H3,(H,18,20)/b12-7-. The van der Waals surface area contributed by atoms with E-state index in [0.29, 0.717) is 13.1 Å². The zero-order chi connectivity index (χ0) is 15.9. The highest BCUT2D eigenvalue weighted by Crippen LogP contribution is 2.10. The van der Waals surface area contributed by atoms with E-state index >= 15 is 0 Å². The van der Waals surface area contributed by atoms with Gasteiger partial charge in [-0.2, -0.15) is 5.26 Å². The Bertz CT molecular complexity index is 547. The molecule has 0 saturated heterocycles. The van der Waals surface area contributed by atoms with E-state index in [1.807, 2.05) is 56.8 Å². The Kier molecular flexibility index (Phi) is 5.85. The van der Waals surface area contributed by atoms with Crippen molar-refractivity contribution in [2.24, 2.45) is 7.05 Å². The van der Waals surface area contributed by atoms with Crippen LogP contribution in [0.1, 0.15) is 26.5 Å². The summed E-state index contributed by atoms with van der Waals surface area (Å²) in [5.74, 6) is 0. The number of rotatable bonds is 5. The molecule has 0 unspecified atom stereocenters. The molecule has 0 fully saturated rings. The van der Waals surface area contributed by atoms with Crippen molar-refractivity contribution in [2.45, 2.75) is 26.4 Å². The van der Waals surface area contributed by atoms with Crippen molar-refractivity contribution in [1.29, 1.82) is 5.26 Å². The third-order valence-corrected chi connectivity index (χ3v) is 2.54. The topological polar surface area (TPSA) is 79.1 Å². The average molecular weight is 290 g/mol. The van der Waals surface area contributed by atoms with Crippen LogP contribution in [0.4, 0.5) is 4.79 Å². The van der Waals surface area contributed by atoms with E-state index < -0.39 is 11.7 Å². The first kappa shape index (κ1) is 16.6. The Morgan fingerprint density at radius 3 is 2.62 bits per heavy atom. The Labute approximate surface area is 125 Å². The summed E-state index contributed by atoms with van der Waals surface area (Å²) >= 11 is 0. The molecule has 1 heterocycles. The number of nitrogens with zero attached hydrogens (tertiary/aromatic N) is 2. The highest BCUT2D eigenvalue weighted by molar-refractivity contribution is 5.67.